The molecule has 0 atom stereocenters. The minimum atomic E-state index is -0.537. The smallest absolute Gasteiger partial charge is 0.351 e. The zero-order valence-electron chi connectivity index (χ0n) is 12.1. The van der Waals surface area contributed by atoms with Crippen molar-refractivity contribution in [2.75, 3.05) is 5.73 Å². The summed E-state index contributed by atoms with van der Waals surface area (Å²) in [5, 5.41) is 0. The van der Waals surface area contributed by atoms with Gasteiger partial charge in [-0.25, -0.2) is 4.79 Å². The van der Waals surface area contributed by atoms with E-state index in [9.17, 15) is 4.79 Å². The number of carbonyl (C=O) groups excluding carboxylic acids is 1. The summed E-state index contributed by atoms with van der Waals surface area (Å²) in [5.41, 5.74) is 7.01. The number of ether oxygens (including phenoxy) is 1. The van der Waals surface area contributed by atoms with Crippen molar-refractivity contribution in [3.8, 4) is 10.6 Å². The largest absolute Gasteiger partial charge is 0.464 e. The zero-order valence-corrected chi connectivity index (χ0v) is 13.0. The van der Waals surface area contributed by atoms with Crippen LogP contribution < -0.4 is 5.73 Å². The van der Waals surface area contributed by atoms with Crippen LogP contribution in [0.1, 0.15) is 42.9 Å². The van der Waals surface area contributed by atoms with Gasteiger partial charge in [0.1, 0.15) is 16.2 Å². The van der Waals surface area contributed by atoms with E-state index in [4.69, 9.17) is 14.9 Å². The number of carbonyl (C=O) groups is 1. The van der Waals surface area contributed by atoms with Gasteiger partial charge in [0.15, 0.2) is 0 Å². The number of hydrogen-bond acceptors (Lipinski definition) is 5. The van der Waals surface area contributed by atoms with Gasteiger partial charge in [0, 0.05) is 0 Å². The molecule has 2 N–H and O–H groups in total. The minimum Gasteiger partial charge on any atom is -0.464 e. The fraction of sp³-hybridized carbons (Fsp3) is 0.400. The fourth-order valence-corrected chi connectivity index (χ4v) is 3.07. The lowest BCUT2D eigenvalue weighted by Gasteiger charge is -2.19. The van der Waals surface area contributed by atoms with Crippen molar-refractivity contribution in [2.24, 2.45) is 0 Å². The van der Waals surface area contributed by atoms with E-state index in [0.29, 0.717) is 10.6 Å². The van der Waals surface area contributed by atoms with Crippen LogP contribution in [0.4, 0.5) is 5.69 Å². The number of hydrogen-bond donors (Lipinski definition) is 1. The van der Waals surface area contributed by atoms with E-state index < -0.39 is 5.60 Å². The highest BCUT2D eigenvalue weighted by atomic mass is 32.1. The van der Waals surface area contributed by atoms with Gasteiger partial charge in [-0.15, -0.1) is 11.3 Å². The van der Waals surface area contributed by atoms with Gasteiger partial charge in [-0.05, 0) is 44.9 Å². The third-order valence-corrected chi connectivity index (χ3v) is 3.97. The Hall–Kier alpha value is -1.75. The number of rotatable bonds is 3. The second-order valence-corrected chi connectivity index (χ2v) is 6.51. The van der Waals surface area contributed by atoms with E-state index in [1.54, 1.807) is 6.26 Å². The summed E-state index contributed by atoms with van der Waals surface area (Å²) in [7, 11) is 0. The van der Waals surface area contributed by atoms with E-state index in [1.807, 2.05) is 39.8 Å². The third kappa shape index (κ3) is 2.88. The molecule has 0 bridgehead atoms. The molecule has 0 aliphatic rings. The maximum Gasteiger partial charge on any atom is 0.351 e. The molecule has 0 fully saturated rings. The highest BCUT2D eigenvalue weighted by molar-refractivity contribution is 7.18. The maximum absolute atomic E-state index is 12.2. The van der Waals surface area contributed by atoms with E-state index in [0.717, 1.165) is 22.6 Å². The predicted octanol–water partition coefficient (Wildman–Crippen LogP) is 4.11. The van der Waals surface area contributed by atoms with Gasteiger partial charge >= 0.3 is 5.97 Å². The number of nitrogen functional groups attached to an aromatic ring is 1. The molecule has 108 valence electrons. The van der Waals surface area contributed by atoms with E-state index in [-0.39, 0.29) is 5.97 Å². The molecule has 2 heterocycles. The van der Waals surface area contributed by atoms with Crippen LogP contribution >= 0.6 is 11.3 Å². The molecule has 0 saturated heterocycles. The summed E-state index contributed by atoms with van der Waals surface area (Å²) in [6.45, 7) is 7.51. The van der Waals surface area contributed by atoms with Crippen LogP contribution in [0.5, 0.6) is 0 Å². The molecule has 2 aromatic heterocycles. The fourth-order valence-electron chi connectivity index (χ4n) is 1.91. The van der Waals surface area contributed by atoms with Gasteiger partial charge in [0.05, 0.1) is 16.8 Å². The molecular formula is C15H19NO3S. The lowest BCUT2D eigenvalue weighted by molar-refractivity contribution is 0.00763. The first-order valence-electron chi connectivity index (χ1n) is 6.52. The molecule has 2 rings (SSSR count). The zero-order chi connectivity index (χ0) is 14.9. The van der Waals surface area contributed by atoms with Crippen LogP contribution in [-0.2, 0) is 11.2 Å². The molecular weight excluding hydrogens is 274 g/mol. The molecule has 0 amide bonds. The average molecular weight is 293 g/mol. The molecule has 4 nitrogen and oxygen atoms in total. The highest BCUT2D eigenvalue weighted by Crippen LogP contribution is 2.39. The Morgan fingerprint density at radius 3 is 2.65 bits per heavy atom. The molecule has 20 heavy (non-hydrogen) atoms. The summed E-state index contributed by atoms with van der Waals surface area (Å²) >= 11 is 1.32. The lowest BCUT2D eigenvalue weighted by Crippen LogP contribution is -2.23. The predicted molar refractivity (Wildman–Crippen MR) is 81.0 cm³/mol. The standard InChI is InChI=1S/C15H19NO3S/c1-5-9-11(16)13(14(17)19-15(2,3)4)20-12(9)10-7-6-8-18-10/h6-8H,5,16H2,1-4H3. The van der Waals surface area contributed by atoms with Gasteiger partial charge < -0.3 is 14.9 Å². The van der Waals surface area contributed by atoms with Crippen molar-refractivity contribution >= 4 is 23.0 Å². The summed E-state index contributed by atoms with van der Waals surface area (Å²) in [6, 6.07) is 3.68. The first-order chi connectivity index (χ1) is 9.33. The molecule has 0 spiro atoms. The highest BCUT2D eigenvalue weighted by Gasteiger charge is 2.26. The SMILES string of the molecule is CCc1c(-c2ccco2)sc(C(=O)OC(C)(C)C)c1N. The van der Waals surface area contributed by atoms with E-state index in [2.05, 4.69) is 0 Å². The Kier molecular flexibility index (Phi) is 3.90. The van der Waals surface area contributed by atoms with E-state index >= 15 is 0 Å². The van der Waals surface area contributed by atoms with Crippen LogP contribution in [-0.4, -0.2) is 11.6 Å². The van der Waals surface area contributed by atoms with Crippen molar-refractivity contribution in [1.82, 2.24) is 0 Å². The van der Waals surface area contributed by atoms with Crippen LogP contribution in [0.15, 0.2) is 22.8 Å². The Balaban J connectivity index is 2.44. The van der Waals surface area contributed by atoms with Crippen LogP contribution in [0, 0.1) is 0 Å². The number of anilines is 1. The molecule has 5 heteroatoms. The van der Waals surface area contributed by atoms with Crippen molar-refractivity contribution in [2.45, 2.75) is 39.7 Å². The topological polar surface area (TPSA) is 65.5 Å². The van der Waals surface area contributed by atoms with Gasteiger partial charge in [0.2, 0.25) is 0 Å². The first kappa shape index (κ1) is 14.7. The maximum atomic E-state index is 12.2. The van der Waals surface area contributed by atoms with Crippen LogP contribution in [0.2, 0.25) is 0 Å². The average Bonchev–Trinajstić information content (AvgIpc) is 2.93. The second kappa shape index (κ2) is 5.32. The number of thiophene rings is 1. The molecule has 0 unspecified atom stereocenters. The number of esters is 1. The third-order valence-electron chi connectivity index (χ3n) is 2.73. The first-order valence-corrected chi connectivity index (χ1v) is 7.33. The van der Waals surface area contributed by atoms with Gasteiger partial charge in [0.25, 0.3) is 0 Å². The molecule has 0 saturated carbocycles. The van der Waals surface area contributed by atoms with Crippen molar-refractivity contribution in [3.63, 3.8) is 0 Å². The van der Waals surface area contributed by atoms with Crippen molar-refractivity contribution in [3.05, 3.63) is 28.8 Å². The summed E-state index contributed by atoms with van der Waals surface area (Å²) in [6.07, 6.45) is 2.35. The molecule has 0 aromatic carbocycles. The Bertz CT molecular complexity index is 606. The summed E-state index contributed by atoms with van der Waals surface area (Å²) in [4.78, 5) is 13.6. The lowest BCUT2D eigenvalue weighted by atomic mass is 10.1. The minimum absolute atomic E-state index is 0.382. The molecule has 0 aliphatic heterocycles. The Morgan fingerprint density at radius 1 is 1.45 bits per heavy atom. The quantitative estimate of drug-likeness (QED) is 0.865. The van der Waals surface area contributed by atoms with Crippen LogP contribution in [0.25, 0.3) is 10.6 Å². The van der Waals surface area contributed by atoms with E-state index in [1.165, 1.54) is 11.3 Å². The van der Waals surface area contributed by atoms with Crippen LogP contribution in [0.3, 0.4) is 0 Å². The number of nitrogens with two attached hydrogens (primary N) is 1. The van der Waals surface area contributed by atoms with Crippen molar-refractivity contribution < 1.29 is 13.9 Å². The van der Waals surface area contributed by atoms with Crippen molar-refractivity contribution in [1.29, 1.82) is 0 Å². The summed E-state index contributed by atoms with van der Waals surface area (Å²) in [5.74, 6) is 0.348. The molecule has 0 radical (unpaired) electrons. The number of furan rings is 1. The second-order valence-electron chi connectivity index (χ2n) is 5.49. The molecule has 2 aromatic rings. The Labute approximate surface area is 122 Å². The van der Waals surface area contributed by atoms with Gasteiger partial charge in [-0.1, -0.05) is 6.92 Å². The summed E-state index contributed by atoms with van der Waals surface area (Å²) < 4.78 is 10.8. The Morgan fingerprint density at radius 2 is 2.15 bits per heavy atom. The normalized spacial score (nSPS) is 11.6. The molecule has 0 aliphatic carbocycles. The monoisotopic (exact) mass is 293 g/mol. The van der Waals surface area contributed by atoms with Gasteiger partial charge in [-0.3, -0.25) is 0 Å². The van der Waals surface area contributed by atoms with Gasteiger partial charge in [-0.2, -0.15) is 0 Å².